The SMILES string of the molecule is COC(=O)c1cc(-c2ccccc2)n(CCNC(=O)c2cccc(C(=O)c3ccccc3)c2)c1C. The highest BCUT2D eigenvalue weighted by Crippen LogP contribution is 2.26. The number of nitrogens with one attached hydrogen (secondary N) is 1. The molecule has 0 fully saturated rings. The van der Waals surface area contributed by atoms with Crippen LogP contribution in [0, 0.1) is 6.92 Å². The van der Waals surface area contributed by atoms with Crippen LogP contribution < -0.4 is 5.32 Å². The molecule has 0 saturated heterocycles. The number of aromatic nitrogens is 1. The van der Waals surface area contributed by atoms with Gasteiger partial charge in [-0.15, -0.1) is 0 Å². The third-order valence-electron chi connectivity index (χ3n) is 5.89. The number of esters is 1. The smallest absolute Gasteiger partial charge is 0.339 e. The monoisotopic (exact) mass is 466 g/mol. The summed E-state index contributed by atoms with van der Waals surface area (Å²) >= 11 is 0. The summed E-state index contributed by atoms with van der Waals surface area (Å²) in [6.45, 7) is 2.66. The lowest BCUT2D eigenvalue weighted by molar-refractivity contribution is 0.0599. The minimum absolute atomic E-state index is 0.133. The van der Waals surface area contributed by atoms with Crippen LogP contribution in [0.1, 0.15) is 42.3 Å². The number of benzene rings is 3. The van der Waals surface area contributed by atoms with Gasteiger partial charge in [-0.05, 0) is 30.7 Å². The average molecular weight is 467 g/mol. The number of carbonyl (C=O) groups excluding carboxylic acids is 3. The molecule has 176 valence electrons. The van der Waals surface area contributed by atoms with E-state index in [1.54, 1.807) is 36.4 Å². The van der Waals surface area contributed by atoms with Crippen molar-refractivity contribution < 1.29 is 19.1 Å². The summed E-state index contributed by atoms with van der Waals surface area (Å²) in [5, 5.41) is 2.92. The molecular formula is C29H26N2O4. The van der Waals surface area contributed by atoms with E-state index < -0.39 is 5.97 Å². The van der Waals surface area contributed by atoms with Crippen molar-refractivity contribution in [3.63, 3.8) is 0 Å². The standard InChI is InChI=1S/C29H26N2O4/c1-20-25(29(34)35-2)19-26(21-10-5-3-6-11-21)31(20)17-16-30-28(33)24-15-9-14-23(18-24)27(32)22-12-7-4-8-13-22/h3-15,18-19H,16-17H2,1-2H3,(H,30,33). The second-order valence-electron chi connectivity index (χ2n) is 8.07. The molecule has 1 amide bonds. The zero-order valence-corrected chi connectivity index (χ0v) is 19.7. The van der Waals surface area contributed by atoms with Gasteiger partial charge in [0.15, 0.2) is 5.78 Å². The largest absolute Gasteiger partial charge is 0.465 e. The molecule has 0 atom stereocenters. The molecule has 1 aromatic heterocycles. The van der Waals surface area contributed by atoms with Crippen molar-refractivity contribution in [2.75, 3.05) is 13.7 Å². The van der Waals surface area contributed by atoms with E-state index in [0.29, 0.717) is 35.3 Å². The molecule has 35 heavy (non-hydrogen) atoms. The van der Waals surface area contributed by atoms with Gasteiger partial charge in [0.05, 0.1) is 12.7 Å². The Kier molecular flexibility index (Phi) is 7.21. The lowest BCUT2D eigenvalue weighted by atomic mass is 10.0. The van der Waals surface area contributed by atoms with Gasteiger partial charge in [0.25, 0.3) is 5.91 Å². The molecule has 0 saturated carbocycles. The summed E-state index contributed by atoms with van der Waals surface area (Å²) in [5.74, 6) is -0.805. The van der Waals surface area contributed by atoms with Gasteiger partial charge in [-0.1, -0.05) is 72.8 Å². The fourth-order valence-corrected chi connectivity index (χ4v) is 4.04. The van der Waals surface area contributed by atoms with Crippen molar-refractivity contribution in [1.82, 2.24) is 9.88 Å². The maximum Gasteiger partial charge on any atom is 0.339 e. The maximum absolute atomic E-state index is 12.8. The van der Waals surface area contributed by atoms with Crippen LogP contribution in [0.2, 0.25) is 0 Å². The predicted molar refractivity (Wildman–Crippen MR) is 135 cm³/mol. The van der Waals surface area contributed by atoms with Crippen molar-refractivity contribution in [2.45, 2.75) is 13.5 Å². The van der Waals surface area contributed by atoms with E-state index in [4.69, 9.17) is 4.74 Å². The molecule has 3 aromatic carbocycles. The Balaban J connectivity index is 1.50. The normalized spacial score (nSPS) is 10.6. The van der Waals surface area contributed by atoms with Crippen molar-refractivity contribution in [3.05, 3.63) is 119 Å². The van der Waals surface area contributed by atoms with Crippen LogP contribution in [0.3, 0.4) is 0 Å². The quantitative estimate of drug-likeness (QED) is 0.296. The molecule has 0 bridgehead atoms. The first-order chi connectivity index (χ1) is 17.0. The van der Waals surface area contributed by atoms with Crippen LogP contribution >= 0.6 is 0 Å². The van der Waals surface area contributed by atoms with Crippen LogP contribution in [-0.2, 0) is 11.3 Å². The molecular weight excluding hydrogens is 440 g/mol. The number of amides is 1. The number of rotatable bonds is 8. The third-order valence-corrected chi connectivity index (χ3v) is 5.89. The van der Waals surface area contributed by atoms with Crippen LogP contribution in [0.25, 0.3) is 11.3 Å². The highest BCUT2D eigenvalue weighted by Gasteiger charge is 2.19. The van der Waals surface area contributed by atoms with E-state index in [2.05, 4.69) is 5.32 Å². The topological polar surface area (TPSA) is 77.4 Å². The first kappa shape index (κ1) is 23.7. The number of ketones is 1. The van der Waals surface area contributed by atoms with Crippen LogP contribution in [0.15, 0.2) is 91.0 Å². The van der Waals surface area contributed by atoms with Gasteiger partial charge >= 0.3 is 5.97 Å². The number of carbonyl (C=O) groups is 3. The highest BCUT2D eigenvalue weighted by atomic mass is 16.5. The van der Waals surface area contributed by atoms with Crippen LogP contribution in [0.5, 0.6) is 0 Å². The molecule has 0 spiro atoms. The van der Waals surface area contributed by atoms with E-state index in [1.165, 1.54) is 7.11 Å². The second kappa shape index (κ2) is 10.7. The Labute approximate surface area is 204 Å². The molecule has 0 aliphatic carbocycles. The van der Waals surface area contributed by atoms with Gasteiger partial charge in [0.1, 0.15) is 0 Å². The number of methoxy groups -OCH3 is 1. The second-order valence-corrected chi connectivity index (χ2v) is 8.07. The molecule has 1 N–H and O–H groups in total. The molecule has 0 aliphatic heterocycles. The fourth-order valence-electron chi connectivity index (χ4n) is 4.04. The van der Waals surface area contributed by atoms with Crippen molar-refractivity contribution >= 4 is 17.7 Å². The van der Waals surface area contributed by atoms with Gasteiger partial charge < -0.3 is 14.6 Å². The van der Waals surface area contributed by atoms with E-state index in [9.17, 15) is 14.4 Å². The van der Waals surface area contributed by atoms with Crippen LogP contribution in [-0.4, -0.2) is 35.9 Å². The molecule has 4 aromatic rings. The minimum Gasteiger partial charge on any atom is -0.465 e. The van der Waals surface area contributed by atoms with E-state index >= 15 is 0 Å². The Morgan fingerprint density at radius 2 is 1.43 bits per heavy atom. The summed E-state index contributed by atoms with van der Waals surface area (Å²) in [4.78, 5) is 37.8. The summed E-state index contributed by atoms with van der Waals surface area (Å²) in [5.41, 5.74) is 4.53. The number of hydrogen-bond donors (Lipinski definition) is 1. The van der Waals surface area contributed by atoms with Gasteiger partial charge in [-0.2, -0.15) is 0 Å². The van der Waals surface area contributed by atoms with E-state index in [-0.39, 0.29) is 11.7 Å². The molecule has 0 unspecified atom stereocenters. The zero-order valence-electron chi connectivity index (χ0n) is 19.7. The Morgan fingerprint density at radius 1 is 0.800 bits per heavy atom. The van der Waals surface area contributed by atoms with E-state index in [0.717, 1.165) is 17.0 Å². The Morgan fingerprint density at radius 3 is 2.11 bits per heavy atom. The average Bonchev–Trinajstić information content (AvgIpc) is 3.24. The summed E-state index contributed by atoms with van der Waals surface area (Å²) in [6.07, 6.45) is 0. The van der Waals surface area contributed by atoms with Gasteiger partial charge in [0, 0.05) is 41.2 Å². The summed E-state index contributed by atoms with van der Waals surface area (Å²) in [7, 11) is 1.36. The van der Waals surface area contributed by atoms with Crippen molar-refractivity contribution in [1.29, 1.82) is 0 Å². The highest BCUT2D eigenvalue weighted by molar-refractivity contribution is 6.10. The summed E-state index contributed by atoms with van der Waals surface area (Å²) in [6, 6.07) is 27.2. The maximum atomic E-state index is 12.8. The fraction of sp³-hybridized carbons (Fsp3) is 0.138. The number of ether oxygens (including phenoxy) is 1. The Hall–Kier alpha value is -4.45. The van der Waals surface area contributed by atoms with Crippen molar-refractivity contribution in [2.24, 2.45) is 0 Å². The van der Waals surface area contributed by atoms with E-state index in [1.807, 2.05) is 66.1 Å². The first-order valence-corrected chi connectivity index (χ1v) is 11.3. The minimum atomic E-state index is -0.401. The Bertz CT molecular complexity index is 1360. The van der Waals surface area contributed by atoms with Gasteiger partial charge in [-0.3, -0.25) is 9.59 Å². The number of hydrogen-bond acceptors (Lipinski definition) is 4. The zero-order chi connectivity index (χ0) is 24.8. The molecule has 1 heterocycles. The lowest BCUT2D eigenvalue weighted by Gasteiger charge is -2.13. The predicted octanol–water partition coefficient (Wildman–Crippen LogP) is 4.91. The molecule has 0 aliphatic rings. The third kappa shape index (κ3) is 5.22. The van der Waals surface area contributed by atoms with Crippen LogP contribution in [0.4, 0.5) is 0 Å². The number of nitrogens with zero attached hydrogens (tertiary/aromatic N) is 1. The first-order valence-electron chi connectivity index (χ1n) is 11.3. The molecule has 6 heteroatoms. The summed E-state index contributed by atoms with van der Waals surface area (Å²) < 4.78 is 6.93. The molecule has 4 rings (SSSR count). The van der Waals surface area contributed by atoms with Crippen molar-refractivity contribution in [3.8, 4) is 11.3 Å². The molecule has 0 radical (unpaired) electrons. The molecule has 6 nitrogen and oxygen atoms in total. The van der Waals surface area contributed by atoms with Gasteiger partial charge in [0.2, 0.25) is 0 Å². The van der Waals surface area contributed by atoms with Gasteiger partial charge in [-0.25, -0.2) is 4.79 Å². The lowest BCUT2D eigenvalue weighted by Crippen LogP contribution is -2.28.